The minimum Gasteiger partial charge on any atom is -0.497 e. The maximum atomic E-state index is 13.1. The average Bonchev–Trinajstić information content (AvgIpc) is 3.23. The van der Waals surface area contributed by atoms with Crippen LogP contribution in [0.2, 0.25) is 0 Å². The summed E-state index contributed by atoms with van der Waals surface area (Å²) in [5, 5.41) is 0.880. The molecule has 3 aromatic rings. The Bertz CT molecular complexity index is 1050. The number of methoxy groups -OCH3 is 1. The zero-order valence-corrected chi connectivity index (χ0v) is 17.0. The third-order valence-electron chi connectivity index (χ3n) is 5.66. The molecule has 1 aliphatic carbocycles. The largest absolute Gasteiger partial charge is 0.497 e. The fourth-order valence-electron chi connectivity index (χ4n) is 3.81. The van der Waals surface area contributed by atoms with Crippen LogP contribution in [0.5, 0.6) is 17.2 Å². The highest BCUT2D eigenvalue weighted by Crippen LogP contribution is 2.51. The zero-order chi connectivity index (χ0) is 19.8. The number of rotatable bonds is 7. The summed E-state index contributed by atoms with van der Waals surface area (Å²) in [5.41, 5.74) is 1.84. The molecule has 0 saturated heterocycles. The number of Topliss-reactive ketones (excluding diaryl/α,β-unsaturated/α-hetero) is 1. The van der Waals surface area contributed by atoms with E-state index in [0.29, 0.717) is 6.42 Å². The van der Waals surface area contributed by atoms with Crippen LogP contribution in [0, 0.1) is 0 Å². The van der Waals surface area contributed by atoms with Gasteiger partial charge in [0.15, 0.2) is 11.5 Å². The topological polar surface area (TPSA) is 57.7 Å². The van der Waals surface area contributed by atoms with E-state index in [1.165, 1.54) is 5.56 Å². The van der Waals surface area contributed by atoms with Gasteiger partial charge in [-0.3, -0.25) is 4.79 Å². The molecule has 1 aromatic heterocycles. The monoisotopic (exact) mass is 407 g/mol. The van der Waals surface area contributed by atoms with E-state index < -0.39 is 0 Å². The number of ether oxygens (including phenoxy) is 3. The van der Waals surface area contributed by atoms with Gasteiger partial charge in [-0.1, -0.05) is 18.2 Å². The highest BCUT2D eigenvalue weighted by molar-refractivity contribution is 7.11. The number of hydrogen-bond acceptors (Lipinski definition) is 6. The molecule has 0 radical (unpaired) electrons. The number of hydrogen-bond donors (Lipinski definition) is 0. The van der Waals surface area contributed by atoms with E-state index in [2.05, 4.69) is 17.1 Å². The van der Waals surface area contributed by atoms with Gasteiger partial charge in [-0.05, 0) is 48.2 Å². The van der Waals surface area contributed by atoms with Gasteiger partial charge in [-0.2, -0.15) is 0 Å². The first kappa shape index (κ1) is 18.2. The summed E-state index contributed by atoms with van der Waals surface area (Å²) in [6, 6.07) is 13.9. The molecule has 2 aromatic carbocycles. The maximum absolute atomic E-state index is 13.1. The van der Waals surface area contributed by atoms with Crippen molar-refractivity contribution >= 4 is 17.1 Å². The first-order chi connectivity index (χ1) is 14.2. The van der Waals surface area contributed by atoms with Crippen LogP contribution in [0.1, 0.15) is 33.9 Å². The van der Waals surface area contributed by atoms with Crippen molar-refractivity contribution in [2.45, 2.75) is 31.1 Å². The van der Waals surface area contributed by atoms with Gasteiger partial charge in [-0.25, -0.2) is 4.98 Å². The highest BCUT2D eigenvalue weighted by Gasteiger charge is 2.51. The van der Waals surface area contributed by atoms with Gasteiger partial charge in [0.1, 0.15) is 16.5 Å². The fourth-order valence-corrected chi connectivity index (χ4v) is 4.77. The lowest BCUT2D eigenvalue weighted by atomic mass is 9.89. The van der Waals surface area contributed by atoms with E-state index in [1.54, 1.807) is 18.4 Å². The van der Waals surface area contributed by atoms with Gasteiger partial charge in [0.25, 0.3) is 0 Å². The summed E-state index contributed by atoms with van der Waals surface area (Å²) in [6.45, 7) is 0.246. The molecule has 0 amide bonds. The average molecular weight is 407 g/mol. The number of nitrogens with zero attached hydrogens (tertiary/aromatic N) is 1. The zero-order valence-electron chi connectivity index (χ0n) is 16.1. The van der Waals surface area contributed by atoms with Crippen LogP contribution in [0.25, 0.3) is 0 Å². The Kier molecular flexibility index (Phi) is 4.51. The Morgan fingerprint density at radius 3 is 2.69 bits per heavy atom. The number of fused-ring (bicyclic) bond motifs is 1. The first-order valence-electron chi connectivity index (χ1n) is 9.66. The minimum absolute atomic E-state index is 0.238. The molecule has 2 aliphatic rings. The highest BCUT2D eigenvalue weighted by atomic mass is 32.1. The molecule has 29 heavy (non-hydrogen) atoms. The number of ketones is 1. The van der Waals surface area contributed by atoms with Crippen molar-refractivity contribution in [3.63, 3.8) is 0 Å². The van der Waals surface area contributed by atoms with Gasteiger partial charge in [0.05, 0.1) is 18.9 Å². The van der Waals surface area contributed by atoms with E-state index in [1.807, 2.05) is 36.5 Å². The molecule has 0 atom stereocenters. The van der Waals surface area contributed by atoms with Gasteiger partial charge in [0, 0.05) is 17.5 Å². The molecule has 0 bridgehead atoms. The lowest BCUT2D eigenvalue weighted by Gasteiger charge is -2.14. The van der Waals surface area contributed by atoms with Gasteiger partial charge < -0.3 is 14.2 Å². The van der Waals surface area contributed by atoms with Crippen molar-refractivity contribution in [3.05, 3.63) is 69.7 Å². The smallest absolute Gasteiger partial charge is 0.231 e. The van der Waals surface area contributed by atoms with E-state index >= 15 is 0 Å². The van der Waals surface area contributed by atoms with Crippen molar-refractivity contribution < 1.29 is 19.0 Å². The Balaban J connectivity index is 1.27. The number of aromatic nitrogens is 1. The minimum atomic E-state index is -0.386. The molecule has 5 rings (SSSR count). The molecular formula is C23H21NO4S. The van der Waals surface area contributed by atoms with Crippen molar-refractivity contribution in [2.75, 3.05) is 13.9 Å². The lowest BCUT2D eigenvalue weighted by Crippen LogP contribution is -2.22. The number of benzene rings is 2. The molecule has 1 fully saturated rings. The second-order valence-corrected chi connectivity index (χ2v) is 8.70. The normalized spacial score (nSPS) is 15.9. The fraction of sp³-hybridized carbons (Fsp3) is 0.304. The van der Waals surface area contributed by atoms with Crippen LogP contribution in [0.3, 0.4) is 0 Å². The third kappa shape index (κ3) is 3.49. The molecule has 5 nitrogen and oxygen atoms in total. The van der Waals surface area contributed by atoms with Crippen LogP contribution in [-0.2, 0) is 23.1 Å². The van der Waals surface area contributed by atoms with Crippen molar-refractivity contribution in [1.82, 2.24) is 4.98 Å². The summed E-state index contributed by atoms with van der Waals surface area (Å²) in [5.74, 6) is 2.57. The Labute approximate surface area is 173 Å². The van der Waals surface area contributed by atoms with E-state index in [4.69, 9.17) is 14.2 Å². The van der Waals surface area contributed by atoms with Crippen LogP contribution in [-0.4, -0.2) is 24.7 Å². The molecule has 1 saturated carbocycles. The first-order valence-corrected chi connectivity index (χ1v) is 10.5. The standard InChI is InChI=1S/C23H21NO4S/c1-26-17-5-2-15(3-6-17)10-18-13-24-22(29-18)12-21(25)23(8-9-23)16-4-7-19-20(11-16)28-14-27-19/h2-7,11,13H,8-10,12,14H2,1H3. The predicted octanol–water partition coefficient (Wildman–Crippen LogP) is 4.31. The second-order valence-electron chi connectivity index (χ2n) is 7.50. The van der Waals surface area contributed by atoms with Gasteiger partial charge in [-0.15, -0.1) is 11.3 Å². The summed E-state index contributed by atoms with van der Waals surface area (Å²) in [6.07, 6.45) is 4.84. The van der Waals surface area contributed by atoms with Gasteiger partial charge in [0.2, 0.25) is 6.79 Å². The maximum Gasteiger partial charge on any atom is 0.231 e. The molecule has 148 valence electrons. The quantitative estimate of drug-likeness (QED) is 0.584. The Hall–Kier alpha value is -2.86. The van der Waals surface area contributed by atoms with Crippen LogP contribution < -0.4 is 14.2 Å². The van der Waals surface area contributed by atoms with Crippen LogP contribution >= 0.6 is 11.3 Å². The van der Waals surface area contributed by atoms with Crippen LogP contribution in [0.15, 0.2) is 48.7 Å². The molecule has 1 aliphatic heterocycles. The second kappa shape index (κ2) is 7.19. The summed E-state index contributed by atoms with van der Waals surface area (Å²) < 4.78 is 16.1. The van der Waals surface area contributed by atoms with Crippen molar-refractivity contribution in [3.8, 4) is 17.2 Å². The predicted molar refractivity (Wildman–Crippen MR) is 110 cm³/mol. The molecule has 0 unspecified atom stereocenters. The Morgan fingerprint density at radius 1 is 1.14 bits per heavy atom. The number of thiazole rings is 1. The van der Waals surface area contributed by atoms with E-state index in [9.17, 15) is 4.79 Å². The van der Waals surface area contributed by atoms with E-state index in [0.717, 1.165) is 52.0 Å². The lowest BCUT2D eigenvalue weighted by molar-refractivity contribution is -0.120. The molecule has 0 spiro atoms. The summed E-state index contributed by atoms with van der Waals surface area (Å²) >= 11 is 1.62. The number of carbonyl (C=O) groups excluding carboxylic acids is 1. The third-order valence-corrected chi connectivity index (χ3v) is 6.66. The number of carbonyl (C=O) groups is 1. The molecule has 6 heteroatoms. The molecule has 2 heterocycles. The van der Waals surface area contributed by atoms with Gasteiger partial charge >= 0.3 is 0 Å². The molecular weight excluding hydrogens is 386 g/mol. The SMILES string of the molecule is COc1ccc(Cc2cnc(CC(=O)C3(c4ccc5c(c4)OCO5)CC3)s2)cc1. The van der Waals surface area contributed by atoms with Crippen molar-refractivity contribution in [1.29, 1.82) is 0 Å². The summed E-state index contributed by atoms with van der Waals surface area (Å²) in [4.78, 5) is 18.8. The van der Waals surface area contributed by atoms with E-state index in [-0.39, 0.29) is 18.0 Å². The molecule has 0 N–H and O–H groups in total. The Morgan fingerprint density at radius 2 is 1.93 bits per heavy atom. The van der Waals surface area contributed by atoms with Crippen LogP contribution in [0.4, 0.5) is 0 Å². The van der Waals surface area contributed by atoms with Crippen molar-refractivity contribution in [2.24, 2.45) is 0 Å². The summed E-state index contributed by atoms with van der Waals surface area (Å²) in [7, 11) is 1.66.